The minimum Gasteiger partial charge on any atom is -0.496 e. The number of aliphatic carboxylic acids is 1. The zero-order valence-electron chi connectivity index (χ0n) is 10.4. The van der Waals surface area contributed by atoms with E-state index >= 15 is 0 Å². The molecule has 0 unspecified atom stereocenters. The third-order valence-corrected chi connectivity index (χ3v) is 2.41. The number of rotatable bonds is 6. The molecular formula is C13H16O5. The summed E-state index contributed by atoms with van der Waals surface area (Å²) in [5.74, 6) is -0.753. The van der Waals surface area contributed by atoms with Crippen molar-refractivity contribution in [3.05, 3.63) is 29.3 Å². The number of carbonyl (C=O) groups is 2. The van der Waals surface area contributed by atoms with E-state index in [4.69, 9.17) is 14.6 Å². The number of aryl methyl sites for hydroxylation is 1. The summed E-state index contributed by atoms with van der Waals surface area (Å²) in [6.45, 7) is 1.97. The standard InChI is InChI=1S/C13H16O5/c1-9-5-6-10(8-11(9)17-2)13(16)18-7-3-4-12(14)15/h5-6,8H,3-4,7H2,1-2H3,(H,14,15). The maximum absolute atomic E-state index is 11.6. The molecule has 5 heteroatoms. The van der Waals surface area contributed by atoms with Crippen molar-refractivity contribution in [1.82, 2.24) is 0 Å². The van der Waals surface area contributed by atoms with Crippen LogP contribution < -0.4 is 4.74 Å². The third-order valence-electron chi connectivity index (χ3n) is 2.41. The fourth-order valence-electron chi connectivity index (χ4n) is 1.42. The van der Waals surface area contributed by atoms with Gasteiger partial charge in [-0.1, -0.05) is 6.07 Å². The van der Waals surface area contributed by atoms with Crippen molar-refractivity contribution in [2.75, 3.05) is 13.7 Å². The molecule has 0 fully saturated rings. The highest BCUT2D eigenvalue weighted by atomic mass is 16.5. The van der Waals surface area contributed by atoms with E-state index in [9.17, 15) is 9.59 Å². The Morgan fingerprint density at radius 1 is 1.33 bits per heavy atom. The molecule has 0 aliphatic heterocycles. The van der Waals surface area contributed by atoms with Crippen molar-refractivity contribution in [2.45, 2.75) is 19.8 Å². The van der Waals surface area contributed by atoms with Crippen molar-refractivity contribution in [3.63, 3.8) is 0 Å². The molecule has 98 valence electrons. The van der Waals surface area contributed by atoms with Gasteiger partial charge in [-0.2, -0.15) is 0 Å². The summed E-state index contributed by atoms with van der Waals surface area (Å²) in [7, 11) is 1.53. The SMILES string of the molecule is COc1cc(C(=O)OCCCC(=O)O)ccc1C. The van der Waals surface area contributed by atoms with E-state index in [1.54, 1.807) is 18.2 Å². The van der Waals surface area contributed by atoms with Crippen molar-refractivity contribution in [1.29, 1.82) is 0 Å². The Hall–Kier alpha value is -2.04. The van der Waals surface area contributed by atoms with Gasteiger partial charge >= 0.3 is 11.9 Å². The van der Waals surface area contributed by atoms with Crippen molar-refractivity contribution < 1.29 is 24.2 Å². The van der Waals surface area contributed by atoms with Gasteiger partial charge in [-0.15, -0.1) is 0 Å². The summed E-state index contributed by atoms with van der Waals surface area (Å²) < 4.78 is 10.1. The lowest BCUT2D eigenvalue weighted by atomic mass is 10.1. The van der Waals surface area contributed by atoms with E-state index < -0.39 is 11.9 Å². The number of esters is 1. The van der Waals surface area contributed by atoms with Crippen LogP contribution in [0.3, 0.4) is 0 Å². The first kappa shape index (κ1) is 14.0. The molecule has 0 aliphatic rings. The number of methoxy groups -OCH3 is 1. The molecule has 0 atom stereocenters. The van der Waals surface area contributed by atoms with Gasteiger partial charge in [0.25, 0.3) is 0 Å². The summed E-state index contributed by atoms with van der Waals surface area (Å²) >= 11 is 0. The van der Waals surface area contributed by atoms with Gasteiger partial charge < -0.3 is 14.6 Å². The van der Waals surface area contributed by atoms with E-state index in [0.717, 1.165) is 5.56 Å². The lowest BCUT2D eigenvalue weighted by Crippen LogP contribution is -2.08. The molecule has 0 radical (unpaired) electrons. The quantitative estimate of drug-likeness (QED) is 0.619. The Morgan fingerprint density at radius 2 is 2.06 bits per heavy atom. The largest absolute Gasteiger partial charge is 0.496 e. The molecule has 0 saturated carbocycles. The molecule has 0 aromatic heterocycles. The molecule has 1 rings (SSSR count). The molecule has 0 spiro atoms. The Balaban J connectivity index is 2.53. The van der Waals surface area contributed by atoms with E-state index in [0.29, 0.717) is 17.7 Å². The van der Waals surface area contributed by atoms with Crippen LogP contribution in [0.1, 0.15) is 28.8 Å². The monoisotopic (exact) mass is 252 g/mol. The number of benzene rings is 1. The van der Waals surface area contributed by atoms with Crippen LogP contribution in [0.15, 0.2) is 18.2 Å². The van der Waals surface area contributed by atoms with Crippen molar-refractivity contribution in [3.8, 4) is 5.75 Å². The number of carboxylic acid groups (broad SMARTS) is 1. The number of carbonyl (C=O) groups excluding carboxylic acids is 1. The first-order valence-corrected chi connectivity index (χ1v) is 5.58. The lowest BCUT2D eigenvalue weighted by Gasteiger charge is -2.07. The third kappa shape index (κ3) is 4.08. The summed E-state index contributed by atoms with van der Waals surface area (Å²) in [6, 6.07) is 5.03. The molecule has 0 amide bonds. The fourth-order valence-corrected chi connectivity index (χ4v) is 1.42. The van der Waals surface area contributed by atoms with Crippen LogP contribution in [-0.4, -0.2) is 30.8 Å². The van der Waals surface area contributed by atoms with E-state index in [1.807, 2.05) is 6.92 Å². The molecule has 5 nitrogen and oxygen atoms in total. The summed E-state index contributed by atoms with van der Waals surface area (Å²) in [4.78, 5) is 21.9. The predicted octanol–water partition coefficient (Wildman–Crippen LogP) is 2.03. The number of ether oxygens (including phenoxy) is 2. The number of hydrogen-bond acceptors (Lipinski definition) is 4. The smallest absolute Gasteiger partial charge is 0.338 e. The minimum absolute atomic E-state index is 0.00943. The van der Waals surface area contributed by atoms with Gasteiger partial charge in [-0.3, -0.25) is 4.79 Å². The highest BCUT2D eigenvalue weighted by molar-refractivity contribution is 5.90. The van der Waals surface area contributed by atoms with E-state index in [2.05, 4.69) is 0 Å². The number of hydrogen-bond donors (Lipinski definition) is 1. The molecule has 1 aromatic rings. The van der Waals surface area contributed by atoms with Crippen LogP contribution in [-0.2, 0) is 9.53 Å². The van der Waals surface area contributed by atoms with Crippen LogP contribution >= 0.6 is 0 Å². The highest BCUT2D eigenvalue weighted by Crippen LogP contribution is 2.19. The summed E-state index contributed by atoms with van der Waals surface area (Å²) in [5.41, 5.74) is 1.33. The molecule has 0 bridgehead atoms. The molecule has 0 saturated heterocycles. The van der Waals surface area contributed by atoms with Gasteiger partial charge in [0.2, 0.25) is 0 Å². The average molecular weight is 252 g/mol. The van der Waals surface area contributed by atoms with Gasteiger partial charge in [0.1, 0.15) is 5.75 Å². The Kier molecular flexibility index (Phi) is 5.17. The molecule has 0 heterocycles. The second kappa shape index (κ2) is 6.64. The molecule has 0 aliphatic carbocycles. The average Bonchev–Trinajstić information content (AvgIpc) is 2.34. The Labute approximate surface area is 105 Å². The van der Waals surface area contributed by atoms with Crippen LogP contribution in [0, 0.1) is 6.92 Å². The van der Waals surface area contributed by atoms with Gasteiger partial charge in [-0.05, 0) is 31.0 Å². The first-order valence-electron chi connectivity index (χ1n) is 5.58. The second-order valence-electron chi connectivity index (χ2n) is 3.82. The van der Waals surface area contributed by atoms with Crippen LogP contribution in [0.4, 0.5) is 0 Å². The molecule has 1 N–H and O–H groups in total. The Bertz CT molecular complexity index is 439. The zero-order valence-corrected chi connectivity index (χ0v) is 10.4. The zero-order chi connectivity index (χ0) is 13.5. The normalized spacial score (nSPS) is 9.89. The van der Waals surface area contributed by atoms with Gasteiger partial charge in [-0.25, -0.2) is 4.79 Å². The molecule has 18 heavy (non-hydrogen) atoms. The molecular weight excluding hydrogens is 236 g/mol. The van der Waals surface area contributed by atoms with Crippen molar-refractivity contribution in [2.24, 2.45) is 0 Å². The van der Waals surface area contributed by atoms with Crippen LogP contribution in [0.2, 0.25) is 0 Å². The van der Waals surface area contributed by atoms with Gasteiger partial charge in [0.15, 0.2) is 0 Å². The molecule has 1 aromatic carbocycles. The van der Waals surface area contributed by atoms with Gasteiger partial charge in [0.05, 0.1) is 19.3 Å². The van der Waals surface area contributed by atoms with Gasteiger partial charge in [0, 0.05) is 6.42 Å². The predicted molar refractivity (Wildman–Crippen MR) is 64.9 cm³/mol. The second-order valence-corrected chi connectivity index (χ2v) is 3.82. The summed E-state index contributed by atoms with van der Waals surface area (Å²) in [5, 5.41) is 8.44. The Morgan fingerprint density at radius 3 is 2.67 bits per heavy atom. The van der Waals surface area contributed by atoms with Crippen molar-refractivity contribution >= 4 is 11.9 Å². The lowest BCUT2D eigenvalue weighted by molar-refractivity contribution is -0.137. The maximum atomic E-state index is 11.6. The van der Waals surface area contributed by atoms with E-state index in [-0.39, 0.29) is 13.0 Å². The van der Waals surface area contributed by atoms with Crippen LogP contribution in [0.25, 0.3) is 0 Å². The maximum Gasteiger partial charge on any atom is 0.338 e. The first-order chi connectivity index (χ1) is 8.54. The number of carboxylic acids is 1. The van der Waals surface area contributed by atoms with E-state index in [1.165, 1.54) is 7.11 Å². The minimum atomic E-state index is -0.900. The topological polar surface area (TPSA) is 72.8 Å². The van der Waals surface area contributed by atoms with Crippen LogP contribution in [0.5, 0.6) is 5.75 Å². The highest BCUT2D eigenvalue weighted by Gasteiger charge is 2.10. The fraction of sp³-hybridized carbons (Fsp3) is 0.385. The summed E-state index contributed by atoms with van der Waals surface area (Å²) in [6.07, 6.45) is 0.300.